The number of fused-ring (bicyclic) bond motifs is 1. The zero-order valence-electron chi connectivity index (χ0n) is 15.4. The molecule has 0 aromatic heterocycles. The SMILES string of the molecule is CC[C@@H]1CCC2=NN(C(=O)CSCc3ccccc3Cl)[C@](O)(C(F)(F)F)[C@@H]2C1. The minimum absolute atomic E-state index is 0.0856. The molecular weight excluding hydrogens is 413 g/mol. The maximum absolute atomic E-state index is 13.9. The Hall–Kier alpha value is -1.25. The summed E-state index contributed by atoms with van der Waals surface area (Å²) < 4.78 is 41.6. The van der Waals surface area contributed by atoms with E-state index in [-0.39, 0.29) is 28.8 Å². The molecule has 0 bridgehead atoms. The van der Waals surface area contributed by atoms with Crippen molar-refractivity contribution in [3.05, 3.63) is 34.9 Å². The number of hydrogen-bond acceptors (Lipinski definition) is 4. The summed E-state index contributed by atoms with van der Waals surface area (Å²) in [7, 11) is 0. The van der Waals surface area contributed by atoms with Gasteiger partial charge in [-0.3, -0.25) is 4.79 Å². The summed E-state index contributed by atoms with van der Waals surface area (Å²) in [4.78, 5) is 12.6. The van der Waals surface area contributed by atoms with Crippen molar-refractivity contribution in [1.29, 1.82) is 0 Å². The molecule has 3 atom stereocenters. The summed E-state index contributed by atoms with van der Waals surface area (Å²) in [6, 6.07) is 7.08. The van der Waals surface area contributed by atoms with E-state index in [0.29, 0.717) is 17.2 Å². The van der Waals surface area contributed by atoms with Gasteiger partial charge in [-0.2, -0.15) is 23.3 Å². The van der Waals surface area contributed by atoms with Crippen LogP contribution in [0.5, 0.6) is 0 Å². The summed E-state index contributed by atoms with van der Waals surface area (Å²) in [5.41, 5.74) is -2.20. The molecule has 9 heteroatoms. The molecule has 0 spiro atoms. The van der Waals surface area contributed by atoms with E-state index < -0.39 is 23.7 Å². The van der Waals surface area contributed by atoms with E-state index in [2.05, 4.69) is 5.10 Å². The second kappa shape index (κ2) is 8.24. The number of alkyl halides is 3. The number of benzene rings is 1. The maximum Gasteiger partial charge on any atom is 0.439 e. The van der Waals surface area contributed by atoms with Crippen LogP contribution in [0.1, 0.15) is 38.2 Å². The standard InChI is InChI=1S/C19H22ClF3N2O2S/c1-2-12-7-8-16-14(9-12)18(27,19(21,22)23)25(24-16)17(26)11-28-10-13-5-3-4-6-15(13)20/h3-6,12,14,27H,2,7-11H2,1H3/t12-,14-,18-/m1/s1. The molecule has 1 amide bonds. The van der Waals surface area contributed by atoms with Crippen LogP contribution in [-0.2, 0) is 10.5 Å². The van der Waals surface area contributed by atoms with Gasteiger partial charge in [0, 0.05) is 16.5 Å². The predicted molar refractivity (Wildman–Crippen MR) is 104 cm³/mol. The first-order valence-corrected chi connectivity index (χ1v) is 10.7. The van der Waals surface area contributed by atoms with Crippen molar-refractivity contribution < 1.29 is 23.1 Å². The Kier molecular flexibility index (Phi) is 6.32. The van der Waals surface area contributed by atoms with E-state index in [1.54, 1.807) is 24.3 Å². The summed E-state index contributed by atoms with van der Waals surface area (Å²) in [5, 5.41) is 15.4. The number of hydrazone groups is 1. The van der Waals surface area contributed by atoms with Gasteiger partial charge >= 0.3 is 6.18 Å². The first-order valence-electron chi connectivity index (χ1n) is 9.19. The van der Waals surface area contributed by atoms with E-state index >= 15 is 0 Å². The van der Waals surface area contributed by atoms with Gasteiger partial charge in [0.15, 0.2) is 0 Å². The first kappa shape index (κ1) is 21.5. The number of rotatable bonds is 5. The highest BCUT2D eigenvalue weighted by atomic mass is 35.5. The molecule has 1 aliphatic heterocycles. The summed E-state index contributed by atoms with van der Waals surface area (Å²) in [5.74, 6) is -1.82. The van der Waals surface area contributed by atoms with Crippen molar-refractivity contribution in [2.24, 2.45) is 16.9 Å². The van der Waals surface area contributed by atoms with Gasteiger partial charge in [-0.25, -0.2) is 0 Å². The van der Waals surface area contributed by atoms with Crippen molar-refractivity contribution in [3.8, 4) is 0 Å². The van der Waals surface area contributed by atoms with E-state index in [1.165, 1.54) is 0 Å². The normalized spacial score (nSPS) is 27.5. The second-order valence-corrected chi connectivity index (χ2v) is 8.60. The highest BCUT2D eigenvalue weighted by molar-refractivity contribution is 7.99. The van der Waals surface area contributed by atoms with Gasteiger partial charge in [-0.05, 0) is 36.8 Å². The Balaban J connectivity index is 1.74. The van der Waals surface area contributed by atoms with Gasteiger partial charge in [-0.15, -0.1) is 11.8 Å². The number of carbonyl (C=O) groups is 1. The summed E-state index contributed by atoms with van der Waals surface area (Å²) in [6.45, 7) is 1.92. The highest BCUT2D eigenvalue weighted by Crippen LogP contribution is 2.49. The molecular formula is C19H22ClF3N2O2S. The zero-order chi connectivity index (χ0) is 20.5. The average molecular weight is 435 g/mol. The highest BCUT2D eigenvalue weighted by Gasteiger charge is 2.68. The quantitative estimate of drug-likeness (QED) is 0.720. The van der Waals surface area contributed by atoms with Crippen LogP contribution in [0.4, 0.5) is 13.2 Å². The van der Waals surface area contributed by atoms with E-state index in [0.717, 1.165) is 30.2 Å². The lowest BCUT2D eigenvalue weighted by atomic mass is 9.74. The molecule has 154 valence electrons. The Morgan fingerprint density at radius 3 is 2.79 bits per heavy atom. The zero-order valence-corrected chi connectivity index (χ0v) is 16.9. The molecule has 3 rings (SSSR count). The van der Waals surface area contributed by atoms with Gasteiger partial charge in [0.05, 0.1) is 11.7 Å². The van der Waals surface area contributed by atoms with Crippen LogP contribution in [0.15, 0.2) is 29.4 Å². The molecule has 2 aliphatic rings. The molecule has 28 heavy (non-hydrogen) atoms. The molecule has 0 radical (unpaired) electrons. The van der Waals surface area contributed by atoms with Crippen LogP contribution in [0.2, 0.25) is 5.02 Å². The van der Waals surface area contributed by atoms with Crippen LogP contribution < -0.4 is 0 Å². The maximum atomic E-state index is 13.9. The van der Waals surface area contributed by atoms with Crippen molar-refractivity contribution >= 4 is 35.0 Å². The van der Waals surface area contributed by atoms with Crippen molar-refractivity contribution in [2.75, 3.05) is 5.75 Å². The fourth-order valence-corrected chi connectivity index (χ4v) is 4.99. The van der Waals surface area contributed by atoms with Crippen molar-refractivity contribution in [1.82, 2.24) is 5.01 Å². The number of amides is 1. The fourth-order valence-electron chi connectivity index (χ4n) is 3.84. The molecule has 1 N–H and O–H groups in total. The Morgan fingerprint density at radius 1 is 1.43 bits per heavy atom. The van der Waals surface area contributed by atoms with Gasteiger partial charge in [0.2, 0.25) is 0 Å². The van der Waals surface area contributed by atoms with Gasteiger partial charge < -0.3 is 5.11 Å². The van der Waals surface area contributed by atoms with Crippen molar-refractivity contribution in [3.63, 3.8) is 0 Å². The van der Waals surface area contributed by atoms with Crippen LogP contribution in [0.25, 0.3) is 0 Å². The second-order valence-electron chi connectivity index (χ2n) is 7.21. The fraction of sp³-hybridized carbons (Fsp3) is 0.579. The summed E-state index contributed by atoms with van der Waals surface area (Å²) in [6.07, 6.45) is -2.97. The number of carbonyl (C=O) groups excluding carboxylic acids is 1. The lowest BCUT2D eigenvalue weighted by Gasteiger charge is -2.39. The van der Waals surface area contributed by atoms with E-state index in [1.807, 2.05) is 6.92 Å². The van der Waals surface area contributed by atoms with Gasteiger partial charge in [0.25, 0.3) is 11.6 Å². The van der Waals surface area contributed by atoms with Gasteiger partial charge in [0.1, 0.15) is 0 Å². The first-order chi connectivity index (χ1) is 13.2. The monoisotopic (exact) mass is 434 g/mol. The molecule has 0 saturated heterocycles. The number of aliphatic hydroxyl groups is 1. The summed E-state index contributed by atoms with van der Waals surface area (Å²) >= 11 is 7.20. The van der Waals surface area contributed by atoms with Crippen LogP contribution >= 0.6 is 23.4 Å². The molecule has 0 unspecified atom stereocenters. The molecule has 1 heterocycles. The smallest absolute Gasteiger partial charge is 0.362 e. The molecule has 1 aromatic rings. The Morgan fingerprint density at radius 2 is 2.14 bits per heavy atom. The Bertz CT molecular complexity index is 774. The minimum Gasteiger partial charge on any atom is -0.362 e. The lowest BCUT2D eigenvalue weighted by molar-refractivity contribution is -0.317. The molecule has 1 fully saturated rings. The topological polar surface area (TPSA) is 52.9 Å². The molecule has 4 nitrogen and oxygen atoms in total. The average Bonchev–Trinajstić information content (AvgIpc) is 2.96. The van der Waals surface area contributed by atoms with Gasteiger partial charge in [-0.1, -0.05) is 43.1 Å². The van der Waals surface area contributed by atoms with E-state index in [4.69, 9.17) is 11.6 Å². The van der Waals surface area contributed by atoms with Crippen LogP contribution in [-0.4, -0.2) is 39.4 Å². The number of thioether (sulfide) groups is 1. The predicted octanol–water partition coefficient (Wildman–Crippen LogP) is 4.85. The third-order valence-electron chi connectivity index (χ3n) is 5.49. The van der Waals surface area contributed by atoms with Crippen LogP contribution in [0, 0.1) is 11.8 Å². The number of halogens is 4. The van der Waals surface area contributed by atoms with E-state index in [9.17, 15) is 23.1 Å². The van der Waals surface area contributed by atoms with Crippen LogP contribution in [0.3, 0.4) is 0 Å². The molecule has 1 saturated carbocycles. The number of hydrogen-bond donors (Lipinski definition) is 1. The lowest BCUT2D eigenvalue weighted by Crippen LogP contribution is -2.62. The van der Waals surface area contributed by atoms with Crippen molar-refractivity contribution in [2.45, 2.75) is 50.3 Å². The largest absolute Gasteiger partial charge is 0.439 e. The minimum atomic E-state index is -4.98. The molecule has 1 aliphatic carbocycles. The molecule has 1 aromatic carbocycles. The number of nitrogens with zero attached hydrogens (tertiary/aromatic N) is 2. The third-order valence-corrected chi connectivity index (χ3v) is 6.82. The Labute approximate surface area is 171 Å². The third kappa shape index (κ3) is 3.91.